The van der Waals surface area contributed by atoms with Gasteiger partial charge in [-0.3, -0.25) is 0 Å². The molecule has 0 fully saturated rings. The number of aryl methyl sites for hydroxylation is 2. The SMILES string of the molecule is OCCCc1cccc(NC2CCCc3ccccc32)c1. The Bertz CT molecular complexity index is 594. The summed E-state index contributed by atoms with van der Waals surface area (Å²) in [4.78, 5) is 0. The van der Waals surface area contributed by atoms with Crippen LogP contribution in [0.4, 0.5) is 5.69 Å². The fraction of sp³-hybridized carbons (Fsp3) is 0.368. The molecule has 21 heavy (non-hydrogen) atoms. The average molecular weight is 281 g/mol. The van der Waals surface area contributed by atoms with Gasteiger partial charge in [0.15, 0.2) is 0 Å². The van der Waals surface area contributed by atoms with E-state index in [9.17, 15) is 0 Å². The Hall–Kier alpha value is -1.80. The molecule has 1 atom stereocenters. The summed E-state index contributed by atoms with van der Waals surface area (Å²) in [6.07, 6.45) is 5.41. The van der Waals surface area contributed by atoms with E-state index in [0.717, 1.165) is 12.8 Å². The van der Waals surface area contributed by atoms with E-state index in [1.165, 1.54) is 41.6 Å². The summed E-state index contributed by atoms with van der Waals surface area (Å²) in [6.45, 7) is 0.258. The number of anilines is 1. The predicted molar refractivity (Wildman–Crippen MR) is 87.6 cm³/mol. The van der Waals surface area contributed by atoms with Crippen LogP contribution in [0.25, 0.3) is 0 Å². The minimum absolute atomic E-state index is 0.258. The Morgan fingerprint density at radius 2 is 2.00 bits per heavy atom. The Kier molecular flexibility index (Phi) is 4.56. The molecule has 0 saturated carbocycles. The van der Waals surface area contributed by atoms with Crippen LogP contribution in [0, 0.1) is 0 Å². The number of aliphatic hydroxyl groups excluding tert-OH is 1. The first-order valence-corrected chi connectivity index (χ1v) is 7.91. The Balaban J connectivity index is 1.75. The number of fused-ring (bicyclic) bond motifs is 1. The molecule has 0 amide bonds. The first kappa shape index (κ1) is 14.2. The van der Waals surface area contributed by atoms with Gasteiger partial charge in [0, 0.05) is 12.3 Å². The van der Waals surface area contributed by atoms with E-state index < -0.39 is 0 Å². The van der Waals surface area contributed by atoms with E-state index in [0.29, 0.717) is 6.04 Å². The number of benzene rings is 2. The van der Waals surface area contributed by atoms with Gasteiger partial charge in [0.2, 0.25) is 0 Å². The molecule has 0 bridgehead atoms. The molecule has 0 spiro atoms. The lowest BCUT2D eigenvalue weighted by molar-refractivity contribution is 0.288. The van der Waals surface area contributed by atoms with Crippen LogP contribution in [0.15, 0.2) is 48.5 Å². The van der Waals surface area contributed by atoms with Crippen LogP contribution in [0.5, 0.6) is 0 Å². The molecule has 110 valence electrons. The maximum atomic E-state index is 8.95. The molecule has 0 aliphatic heterocycles. The Labute approximate surface area is 126 Å². The highest BCUT2D eigenvalue weighted by atomic mass is 16.2. The van der Waals surface area contributed by atoms with Crippen LogP contribution < -0.4 is 5.32 Å². The Morgan fingerprint density at radius 3 is 2.90 bits per heavy atom. The molecule has 3 rings (SSSR count). The molecule has 1 aliphatic carbocycles. The maximum Gasteiger partial charge on any atom is 0.0516 e. The second-order valence-electron chi connectivity index (χ2n) is 5.82. The lowest BCUT2D eigenvalue weighted by atomic mass is 9.87. The van der Waals surface area contributed by atoms with Gasteiger partial charge in [-0.1, -0.05) is 36.4 Å². The fourth-order valence-corrected chi connectivity index (χ4v) is 3.20. The monoisotopic (exact) mass is 281 g/mol. The third-order valence-corrected chi connectivity index (χ3v) is 4.26. The topological polar surface area (TPSA) is 32.3 Å². The third-order valence-electron chi connectivity index (χ3n) is 4.26. The van der Waals surface area contributed by atoms with E-state index in [1.54, 1.807) is 0 Å². The first-order chi connectivity index (χ1) is 10.4. The van der Waals surface area contributed by atoms with Crippen LogP contribution in [0.2, 0.25) is 0 Å². The summed E-state index contributed by atoms with van der Waals surface area (Å²) in [5, 5.41) is 12.6. The maximum absolute atomic E-state index is 8.95. The minimum Gasteiger partial charge on any atom is -0.396 e. The molecule has 2 aromatic rings. The molecule has 0 saturated heterocycles. The van der Waals surface area contributed by atoms with Crippen molar-refractivity contribution in [3.63, 3.8) is 0 Å². The van der Waals surface area contributed by atoms with Crippen molar-refractivity contribution in [2.75, 3.05) is 11.9 Å². The van der Waals surface area contributed by atoms with Crippen LogP contribution >= 0.6 is 0 Å². The number of hydrogen-bond donors (Lipinski definition) is 2. The molecule has 2 nitrogen and oxygen atoms in total. The van der Waals surface area contributed by atoms with E-state index in [2.05, 4.69) is 53.8 Å². The van der Waals surface area contributed by atoms with Gasteiger partial charge in [0.25, 0.3) is 0 Å². The molecule has 2 aromatic carbocycles. The second-order valence-corrected chi connectivity index (χ2v) is 5.82. The second kappa shape index (κ2) is 6.77. The first-order valence-electron chi connectivity index (χ1n) is 7.91. The smallest absolute Gasteiger partial charge is 0.0516 e. The molecule has 0 heterocycles. The van der Waals surface area contributed by atoms with Crippen molar-refractivity contribution in [1.82, 2.24) is 0 Å². The van der Waals surface area contributed by atoms with Gasteiger partial charge in [-0.05, 0) is 60.9 Å². The molecule has 0 aromatic heterocycles. The van der Waals surface area contributed by atoms with Crippen molar-refractivity contribution in [2.24, 2.45) is 0 Å². The summed E-state index contributed by atoms with van der Waals surface area (Å²) in [6, 6.07) is 17.8. The summed E-state index contributed by atoms with van der Waals surface area (Å²) in [7, 11) is 0. The highest BCUT2D eigenvalue weighted by molar-refractivity contribution is 5.49. The standard InChI is InChI=1S/C19H23NO/c21-13-5-7-15-6-3-10-17(14-15)20-19-12-4-9-16-8-1-2-11-18(16)19/h1-3,6,8,10-11,14,19-21H,4-5,7,9,12-13H2. The highest BCUT2D eigenvalue weighted by Crippen LogP contribution is 2.32. The van der Waals surface area contributed by atoms with Gasteiger partial charge >= 0.3 is 0 Å². The predicted octanol–water partition coefficient (Wildman–Crippen LogP) is 4.10. The van der Waals surface area contributed by atoms with Crippen molar-refractivity contribution in [3.05, 3.63) is 65.2 Å². The van der Waals surface area contributed by atoms with Crippen molar-refractivity contribution >= 4 is 5.69 Å². The van der Waals surface area contributed by atoms with Crippen LogP contribution in [-0.4, -0.2) is 11.7 Å². The van der Waals surface area contributed by atoms with Crippen molar-refractivity contribution < 1.29 is 5.11 Å². The van der Waals surface area contributed by atoms with Crippen molar-refractivity contribution in [2.45, 2.75) is 38.1 Å². The molecular formula is C19H23NO. The molecule has 2 N–H and O–H groups in total. The van der Waals surface area contributed by atoms with Gasteiger partial charge < -0.3 is 10.4 Å². The third kappa shape index (κ3) is 3.45. The van der Waals surface area contributed by atoms with Gasteiger partial charge in [0.05, 0.1) is 6.04 Å². The fourth-order valence-electron chi connectivity index (χ4n) is 3.20. The zero-order valence-corrected chi connectivity index (χ0v) is 12.4. The van der Waals surface area contributed by atoms with Crippen LogP contribution in [-0.2, 0) is 12.8 Å². The normalized spacial score (nSPS) is 17.3. The summed E-state index contributed by atoms with van der Waals surface area (Å²) in [5.74, 6) is 0. The molecule has 1 aliphatic rings. The van der Waals surface area contributed by atoms with E-state index in [-0.39, 0.29) is 6.61 Å². The number of nitrogens with one attached hydrogen (secondary N) is 1. The largest absolute Gasteiger partial charge is 0.396 e. The zero-order chi connectivity index (χ0) is 14.5. The van der Waals surface area contributed by atoms with Crippen LogP contribution in [0.1, 0.15) is 42.0 Å². The van der Waals surface area contributed by atoms with Crippen LogP contribution in [0.3, 0.4) is 0 Å². The van der Waals surface area contributed by atoms with E-state index in [1.807, 2.05) is 0 Å². The number of rotatable bonds is 5. The molecular weight excluding hydrogens is 258 g/mol. The van der Waals surface area contributed by atoms with Gasteiger partial charge in [-0.2, -0.15) is 0 Å². The number of hydrogen-bond acceptors (Lipinski definition) is 2. The van der Waals surface area contributed by atoms with Crippen molar-refractivity contribution in [1.29, 1.82) is 0 Å². The lowest BCUT2D eigenvalue weighted by Gasteiger charge is -2.27. The quantitative estimate of drug-likeness (QED) is 0.864. The van der Waals surface area contributed by atoms with Gasteiger partial charge in [-0.25, -0.2) is 0 Å². The Morgan fingerprint density at radius 1 is 1.10 bits per heavy atom. The molecule has 1 unspecified atom stereocenters. The van der Waals surface area contributed by atoms with E-state index in [4.69, 9.17) is 5.11 Å². The van der Waals surface area contributed by atoms with Crippen molar-refractivity contribution in [3.8, 4) is 0 Å². The average Bonchev–Trinajstić information content (AvgIpc) is 2.54. The summed E-state index contributed by atoms with van der Waals surface area (Å²) >= 11 is 0. The van der Waals surface area contributed by atoms with E-state index >= 15 is 0 Å². The molecule has 0 radical (unpaired) electrons. The summed E-state index contributed by atoms with van der Waals surface area (Å²) in [5.41, 5.74) is 5.41. The minimum atomic E-state index is 0.258. The zero-order valence-electron chi connectivity index (χ0n) is 12.4. The molecule has 2 heteroatoms. The highest BCUT2D eigenvalue weighted by Gasteiger charge is 2.19. The summed E-state index contributed by atoms with van der Waals surface area (Å²) < 4.78 is 0. The number of aliphatic hydroxyl groups is 1. The lowest BCUT2D eigenvalue weighted by Crippen LogP contribution is -2.17. The van der Waals surface area contributed by atoms with Gasteiger partial charge in [-0.15, -0.1) is 0 Å². The van der Waals surface area contributed by atoms with Gasteiger partial charge in [0.1, 0.15) is 0 Å².